The highest BCUT2D eigenvalue weighted by molar-refractivity contribution is 5.89. The number of aryl methyl sites for hydroxylation is 1. The molecule has 6 nitrogen and oxygen atoms in total. The van der Waals surface area contributed by atoms with Crippen LogP contribution in [0.25, 0.3) is 11.5 Å². The number of aromatic nitrogens is 4. The van der Waals surface area contributed by atoms with Gasteiger partial charge in [-0.25, -0.2) is 19.7 Å². The quantitative estimate of drug-likeness (QED) is 0.883. The molecule has 0 aliphatic heterocycles. The molecular weight excluding hydrogens is 232 g/mol. The summed E-state index contributed by atoms with van der Waals surface area (Å²) in [5, 5.41) is 9.12. The molecule has 0 saturated heterocycles. The molecule has 6 heteroatoms. The number of carboxylic acids is 1. The minimum atomic E-state index is -0.964. The molecule has 18 heavy (non-hydrogen) atoms. The van der Waals surface area contributed by atoms with Crippen LogP contribution >= 0.6 is 0 Å². The summed E-state index contributed by atoms with van der Waals surface area (Å²) in [4.78, 5) is 23.7. The van der Waals surface area contributed by atoms with Crippen molar-refractivity contribution in [3.05, 3.63) is 30.0 Å². The third-order valence-corrected chi connectivity index (χ3v) is 3.06. The van der Waals surface area contributed by atoms with Crippen molar-refractivity contribution in [1.29, 1.82) is 0 Å². The van der Waals surface area contributed by atoms with Gasteiger partial charge in [-0.2, -0.15) is 0 Å². The Hall–Kier alpha value is -2.24. The van der Waals surface area contributed by atoms with E-state index in [1.165, 1.54) is 6.20 Å². The van der Waals surface area contributed by atoms with E-state index in [2.05, 4.69) is 15.0 Å². The highest BCUT2D eigenvalue weighted by Crippen LogP contribution is 2.40. The fraction of sp³-hybridized carbons (Fsp3) is 0.333. The molecule has 2 aromatic rings. The van der Waals surface area contributed by atoms with Gasteiger partial charge in [0.15, 0.2) is 5.82 Å². The van der Waals surface area contributed by atoms with Gasteiger partial charge in [-0.15, -0.1) is 0 Å². The topological polar surface area (TPSA) is 80.9 Å². The Bertz CT molecular complexity index is 616. The van der Waals surface area contributed by atoms with Gasteiger partial charge in [0, 0.05) is 19.2 Å². The minimum absolute atomic E-state index is 0.211. The summed E-state index contributed by atoms with van der Waals surface area (Å²) in [5.74, 6) is -0.165. The van der Waals surface area contributed by atoms with Gasteiger partial charge in [-0.1, -0.05) is 0 Å². The Morgan fingerprint density at radius 3 is 2.78 bits per heavy atom. The van der Waals surface area contributed by atoms with Crippen LogP contribution in [0.5, 0.6) is 0 Å². The number of aromatic carboxylic acids is 1. The first kappa shape index (κ1) is 10.9. The van der Waals surface area contributed by atoms with Gasteiger partial charge in [0.05, 0.1) is 23.8 Å². The maximum Gasteiger partial charge on any atom is 0.339 e. The second-order valence-electron chi connectivity index (χ2n) is 4.46. The van der Waals surface area contributed by atoms with E-state index in [-0.39, 0.29) is 11.5 Å². The zero-order chi connectivity index (χ0) is 12.7. The van der Waals surface area contributed by atoms with Crippen molar-refractivity contribution in [2.75, 3.05) is 0 Å². The largest absolute Gasteiger partial charge is 0.478 e. The smallest absolute Gasteiger partial charge is 0.339 e. The van der Waals surface area contributed by atoms with Crippen molar-refractivity contribution in [2.24, 2.45) is 7.05 Å². The van der Waals surface area contributed by atoms with Gasteiger partial charge in [0.1, 0.15) is 5.69 Å². The molecule has 0 unspecified atom stereocenters. The fourth-order valence-corrected chi connectivity index (χ4v) is 1.92. The van der Waals surface area contributed by atoms with Crippen LogP contribution in [0.1, 0.15) is 34.8 Å². The van der Waals surface area contributed by atoms with Crippen molar-refractivity contribution in [2.45, 2.75) is 18.8 Å². The second-order valence-corrected chi connectivity index (χ2v) is 4.46. The summed E-state index contributed by atoms with van der Waals surface area (Å²) in [6, 6.07) is 0. The average molecular weight is 244 g/mol. The zero-order valence-electron chi connectivity index (χ0n) is 9.87. The van der Waals surface area contributed by atoms with Crippen LogP contribution in [-0.4, -0.2) is 30.6 Å². The molecule has 1 fully saturated rings. The number of imidazole rings is 1. The third-order valence-electron chi connectivity index (χ3n) is 3.06. The average Bonchev–Trinajstić information content (AvgIpc) is 3.11. The number of carboxylic acid groups (broad SMARTS) is 1. The SMILES string of the molecule is Cn1cncc1-c1ncc(C(=O)O)c(C2CC2)n1. The van der Waals surface area contributed by atoms with E-state index in [0.717, 1.165) is 18.5 Å². The standard InChI is InChI=1S/C12H12N4O2/c1-16-6-13-5-9(16)11-14-4-8(12(17)18)10(15-11)7-2-3-7/h4-7H,2-3H2,1H3,(H,17,18). The van der Waals surface area contributed by atoms with Gasteiger partial charge in [0.2, 0.25) is 0 Å². The first-order chi connectivity index (χ1) is 8.66. The monoisotopic (exact) mass is 244 g/mol. The molecular formula is C12H12N4O2. The Morgan fingerprint density at radius 2 is 2.22 bits per heavy atom. The normalized spacial score (nSPS) is 14.7. The summed E-state index contributed by atoms with van der Waals surface area (Å²) in [6.45, 7) is 0. The third kappa shape index (κ3) is 1.75. The summed E-state index contributed by atoms with van der Waals surface area (Å²) in [6.07, 6.45) is 6.74. The Kier molecular flexibility index (Phi) is 2.36. The number of nitrogens with zero attached hydrogens (tertiary/aromatic N) is 4. The van der Waals surface area contributed by atoms with Crippen molar-refractivity contribution in [3.8, 4) is 11.5 Å². The molecule has 0 atom stereocenters. The predicted molar refractivity (Wildman–Crippen MR) is 63.2 cm³/mol. The van der Waals surface area contributed by atoms with Crippen molar-refractivity contribution >= 4 is 5.97 Å². The number of carbonyl (C=O) groups is 1. The number of rotatable bonds is 3. The molecule has 3 rings (SSSR count). The van der Waals surface area contributed by atoms with Gasteiger partial charge in [-0.05, 0) is 12.8 Å². The van der Waals surface area contributed by atoms with E-state index < -0.39 is 5.97 Å². The van der Waals surface area contributed by atoms with E-state index >= 15 is 0 Å². The van der Waals surface area contributed by atoms with Crippen LogP contribution in [0.3, 0.4) is 0 Å². The first-order valence-corrected chi connectivity index (χ1v) is 5.73. The molecule has 2 aromatic heterocycles. The summed E-state index contributed by atoms with van der Waals surface area (Å²) >= 11 is 0. The van der Waals surface area contributed by atoms with Crippen molar-refractivity contribution in [3.63, 3.8) is 0 Å². The second kappa shape index (κ2) is 3.90. The van der Waals surface area contributed by atoms with Gasteiger partial charge >= 0.3 is 5.97 Å². The number of hydrogen-bond acceptors (Lipinski definition) is 4. The van der Waals surface area contributed by atoms with Crippen LogP contribution in [0.2, 0.25) is 0 Å². The predicted octanol–water partition coefficient (Wildman–Crippen LogP) is 1.45. The van der Waals surface area contributed by atoms with Crippen molar-refractivity contribution < 1.29 is 9.90 Å². The van der Waals surface area contributed by atoms with Gasteiger partial charge < -0.3 is 9.67 Å². The van der Waals surface area contributed by atoms with E-state index in [4.69, 9.17) is 5.11 Å². The Labute approximate surface area is 103 Å². The first-order valence-electron chi connectivity index (χ1n) is 5.73. The van der Waals surface area contributed by atoms with Crippen LogP contribution < -0.4 is 0 Å². The lowest BCUT2D eigenvalue weighted by atomic mass is 10.1. The lowest BCUT2D eigenvalue weighted by Crippen LogP contribution is -2.07. The zero-order valence-corrected chi connectivity index (χ0v) is 9.87. The molecule has 2 heterocycles. The minimum Gasteiger partial charge on any atom is -0.478 e. The van der Waals surface area contributed by atoms with Crippen LogP contribution in [0.15, 0.2) is 18.7 Å². The molecule has 0 bridgehead atoms. The van der Waals surface area contributed by atoms with Crippen LogP contribution in [0, 0.1) is 0 Å². The molecule has 1 aliphatic carbocycles. The molecule has 0 amide bonds. The highest BCUT2D eigenvalue weighted by atomic mass is 16.4. The van der Waals surface area contributed by atoms with Gasteiger partial charge in [-0.3, -0.25) is 0 Å². The van der Waals surface area contributed by atoms with Crippen molar-refractivity contribution in [1.82, 2.24) is 19.5 Å². The van der Waals surface area contributed by atoms with E-state index in [1.54, 1.807) is 12.5 Å². The molecule has 1 aliphatic rings. The van der Waals surface area contributed by atoms with Gasteiger partial charge in [0.25, 0.3) is 0 Å². The Balaban J connectivity index is 2.11. The van der Waals surface area contributed by atoms with E-state index in [1.807, 2.05) is 11.6 Å². The fourth-order valence-electron chi connectivity index (χ4n) is 1.92. The summed E-state index contributed by atoms with van der Waals surface area (Å²) in [7, 11) is 1.85. The maximum absolute atomic E-state index is 11.1. The molecule has 0 radical (unpaired) electrons. The molecule has 0 aromatic carbocycles. The molecule has 92 valence electrons. The van der Waals surface area contributed by atoms with E-state index in [9.17, 15) is 4.79 Å². The lowest BCUT2D eigenvalue weighted by Gasteiger charge is -2.06. The van der Waals surface area contributed by atoms with Crippen LogP contribution in [0.4, 0.5) is 0 Å². The lowest BCUT2D eigenvalue weighted by molar-refractivity contribution is 0.0694. The molecule has 1 N–H and O–H groups in total. The van der Waals surface area contributed by atoms with Crippen LogP contribution in [-0.2, 0) is 7.05 Å². The molecule has 0 spiro atoms. The summed E-state index contributed by atoms with van der Waals surface area (Å²) in [5.41, 5.74) is 1.64. The van der Waals surface area contributed by atoms with E-state index in [0.29, 0.717) is 11.5 Å². The summed E-state index contributed by atoms with van der Waals surface area (Å²) < 4.78 is 1.81. The molecule has 1 saturated carbocycles. The number of hydrogen-bond donors (Lipinski definition) is 1. The maximum atomic E-state index is 11.1. The highest BCUT2D eigenvalue weighted by Gasteiger charge is 2.30. The Morgan fingerprint density at radius 1 is 1.44 bits per heavy atom.